The zero-order chi connectivity index (χ0) is 8.55. The van der Waals surface area contributed by atoms with Gasteiger partial charge in [0.25, 0.3) is 0 Å². The summed E-state index contributed by atoms with van der Waals surface area (Å²) in [6, 6.07) is 9.45. The number of aromatic nitrogens is 1. The maximum absolute atomic E-state index is 12.3. The van der Waals surface area contributed by atoms with Gasteiger partial charge >= 0.3 is 6.55 Å². The summed E-state index contributed by atoms with van der Waals surface area (Å²) in [5.41, 5.74) is 0.521. The van der Waals surface area contributed by atoms with Crippen LogP contribution < -0.4 is 0 Å². The highest BCUT2D eigenvalue weighted by Crippen LogP contribution is 2.20. The molecule has 1 heterocycles. The Balaban J connectivity index is 2.70. The van der Waals surface area contributed by atoms with Crippen molar-refractivity contribution in [2.75, 3.05) is 0 Å². The van der Waals surface area contributed by atoms with Crippen molar-refractivity contribution in [3.05, 3.63) is 36.5 Å². The summed E-state index contributed by atoms with van der Waals surface area (Å²) in [5.74, 6) is 0. The van der Waals surface area contributed by atoms with E-state index in [1.54, 1.807) is 24.3 Å². The van der Waals surface area contributed by atoms with Gasteiger partial charge in [-0.15, -0.1) is 0 Å². The van der Waals surface area contributed by atoms with Crippen LogP contribution in [0.4, 0.5) is 8.78 Å². The van der Waals surface area contributed by atoms with Crippen LogP contribution in [0, 0.1) is 6.07 Å². The Kier molecular flexibility index (Phi) is 1.57. The number of benzene rings is 1. The molecule has 0 bridgehead atoms. The van der Waals surface area contributed by atoms with Crippen LogP contribution in [0.2, 0.25) is 0 Å². The molecule has 1 nitrogen and oxygen atoms in total. The van der Waals surface area contributed by atoms with E-state index < -0.39 is 6.55 Å². The van der Waals surface area contributed by atoms with E-state index in [-0.39, 0.29) is 0 Å². The summed E-state index contributed by atoms with van der Waals surface area (Å²) in [4.78, 5) is 0. The molecule has 2 aromatic rings. The minimum absolute atomic E-state index is 0.521. The molecule has 0 N–H and O–H groups in total. The van der Waals surface area contributed by atoms with E-state index in [2.05, 4.69) is 6.07 Å². The van der Waals surface area contributed by atoms with Crippen molar-refractivity contribution in [1.29, 1.82) is 0 Å². The van der Waals surface area contributed by atoms with Crippen LogP contribution in [-0.2, 0) is 0 Å². The lowest BCUT2D eigenvalue weighted by molar-refractivity contribution is 0.0752. The minimum Gasteiger partial charge on any atom is -0.291 e. The summed E-state index contributed by atoms with van der Waals surface area (Å²) in [6.45, 7) is -2.47. The zero-order valence-electron chi connectivity index (χ0n) is 6.17. The van der Waals surface area contributed by atoms with Crippen molar-refractivity contribution in [2.45, 2.75) is 6.55 Å². The number of alkyl halides is 2. The maximum atomic E-state index is 12.3. The average Bonchev–Trinajstić information content (AvgIpc) is 2.47. The van der Waals surface area contributed by atoms with Crippen LogP contribution in [0.3, 0.4) is 0 Å². The van der Waals surface area contributed by atoms with Crippen molar-refractivity contribution in [3.8, 4) is 0 Å². The Morgan fingerprint density at radius 1 is 1.33 bits per heavy atom. The van der Waals surface area contributed by atoms with Crippen LogP contribution in [0.25, 0.3) is 10.9 Å². The third-order valence-electron chi connectivity index (χ3n) is 1.78. The molecular formula is C9H6F2N. The SMILES string of the molecule is FC(F)n1ccc2cc[c]cc21. The molecule has 3 heteroatoms. The molecule has 0 fully saturated rings. The van der Waals surface area contributed by atoms with Gasteiger partial charge in [0, 0.05) is 6.20 Å². The van der Waals surface area contributed by atoms with Gasteiger partial charge in [0.05, 0.1) is 5.52 Å². The van der Waals surface area contributed by atoms with Crippen molar-refractivity contribution in [2.24, 2.45) is 0 Å². The summed E-state index contributed by atoms with van der Waals surface area (Å²) >= 11 is 0. The number of fused-ring (bicyclic) bond motifs is 1. The van der Waals surface area contributed by atoms with Gasteiger partial charge in [0.2, 0.25) is 0 Å². The standard InChI is InChI=1S/C9H6F2N/c10-9(11)12-6-5-7-3-1-2-4-8(7)12/h1,3-6,9H. The molecule has 2 rings (SSSR count). The highest BCUT2D eigenvalue weighted by Gasteiger charge is 2.07. The first-order valence-corrected chi connectivity index (χ1v) is 3.54. The van der Waals surface area contributed by atoms with Crippen molar-refractivity contribution in [1.82, 2.24) is 4.57 Å². The molecule has 0 aliphatic rings. The van der Waals surface area contributed by atoms with Crippen LogP contribution in [0.15, 0.2) is 30.5 Å². The lowest BCUT2D eigenvalue weighted by Crippen LogP contribution is -1.94. The molecule has 12 heavy (non-hydrogen) atoms. The zero-order valence-corrected chi connectivity index (χ0v) is 6.17. The molecule has 0 aliphatic carbocycles. The predicted molar refractivity (Wildman–Crippen MR) is 42.0 cm³/mol. The molecule has 0 aliphatic heterocycles. The van der Waals surface area contributed by atoms with Crippen LogP contribution in [0.1, 0.15) is 6.55 Å². The van der Waals surface area contributed by atoms with Gasteiger partial charge in [0.15, 0.2) is 0 Å². The molecule has 0 spiro atoms. The van der Waals surface area contributed by atoms with E-state index in [0.29, 0.717) is 5.52 Å². The molecule has 1 aromatic carbocycles. The Hall–Kier alpha value is -1.38. The Bertz CT molecular complexity index is 392. The molecule has 0 atom stereocenters. The first-order valence-electron chi connectivity index (χ1n) is 3.54. The molecule has 0 saturated carbocycles. The summed E-state index contributed by atoms with van der Waals surface area (Å²) in [7, 11) is 0. The van der Waals surface area contributed by atoms with Gasteiger partial charge in [-0.25, -0.2) is 0 Å². The van der Waals surface area contributed by atoms with Crippen LogP contribution in [0.5, 0.6) is 0 Å². The monoisotopic (exact) mass is 166 g/mol. The van der Waals surface area contributed by atoms with Gasteiger partial charge in [-0.1, -0.05) is 12.1 Å². The Morgan fingerprint density at radius 2 is 2.17 bits per heavy atom. The number of hydrogen-bond acceptors (Lipinski definition) is 0. The second kappa shape index (κ2) is 2.59. The number of nitrogens with zero attached hydrogens (tertiary/aromatic N) is 1. The van der Waals surface area contributed by atoms with Crippen molar-refractivity contribution < 1.29 is 8.78 Å². The lowest BCUT2D eigenvalue weighted by Gasteiger charge is -2.01. The van der Waals surface area contributed by atoms with E-state index in [1.165, 1.54) is 6.20 Å². The normalized spacial score (nSPS) is 11.2. The van der Waals surface area contributed by atoms with Crippen molar-refractivity contribution >= 4 is 10.9 Å². The van der Waals surface area contributed by atoms with Crippen molar-refractivity contribution in [3.63, 3.8) is 0 Å². The van der Waals surface area contributed by atoms with Gasteiger partial charge in [0.1, 0.15) is 0 Å². The van der Waals surface area contributed by atoms with Gasteiger partial charge in [-0.05, 0) is 23.6 Å². The largest absolute Gasteiger partial charge is 0.319 e. The topological polar surface area (TPSA) is 4.93 Å². The van der Waals surface area contributed by atoms with Crippen LogP contribution in [-0.4, -0.2) is 4.57 Å². The maximum Gasteiger partial charge on any atom is 0.319 e. The fraction of sp³-hybridized carbons (Fsp3) is 0.111. The first kappa shape index (κ1) is 7.28. The Morgan fingerprint density at radius 3 is 2.92 bits per heavy atom. The molecule has 61 valence electrons. The molecular weight excluding hydrogens is 160 g/mol. The first-order chi connectivity index (χ1) is 5.79. The predicted octanol–water partition coefficient (Wildman–Crippen LogP) is 2.84. The van der Waals surface area contributed by atoms with E-state index >= 15 is 0 Å². The van der Waals surface area contributed by atoms with E-state index in [0.717, 1.165) is 9.95 Å². The smallest absolute Gasteiger partial charge is 0.291 e. The minimum atomic E-state index is -2.47. The molecule has 1 radical (unpaired) electrons. The fourth-order valence-electron chi connectivity index (χ4n) is 1.21. The molecule has 0 amide bonds. The number of rotatable bonds is 1. The summed E-state index contributed by atoms with van der Waals surface area (Å²) in [5, 5.41) is 0.814. The molecule has 0 saturated heterocycles. The number of hydrogen-bond donors (Lipinski definition) is 0. The van der Waals surface area contributed by atoms with Crippen LogP contribution >= 0.6 is 0 Å². The summed E-state index contributed by atoms with van der Waals surface area (Å²) in [6.07, 6.45) is 1.38. The highest BCUT2D eigenvalue weighted by molar-refractivity contribution is 5.79. The highest BCUT2D eigenvalue weighted by atomic mass is 19.3. The fourth-order valence-corrected chi connectivity index (χ4v) is 1.21. The average molecular weight is 166 g/mol. The molecule has 1 aromatic heterocycles. The second-order valence-corrected chi connectivity index (χ2v) is 2.49. The quantitative estimate of drug-likeness (QED) is 0.613. The van der Waals surface area contributed by atoms with Gasteiger partial charge in [-0.2, -0.15) is 8.78 Å². The van der Waals surface area contributed by atoms with E-state index in [4.69, 9.17) is 0 Å². The Labute approximate surface area is 68.2 Å². The van der Waals surface area contributed by atoms with Gasteiger partial charge in [-0.3, -0.25) is 4.57 Å². The third kappa shape index (κ3) is 0.978. The van der Waals surface area contributed by atoms with Gasteiger partial charge < -0.3 is 0 Å². The summed E-state index contributed by atoms with van der Waals surface area (Å²) < 4.78 is 25.5. The second-order valence-electron chi connectivity index (χ2n) is 2.49. The lowest BCUT2D eigenvalue weighted by atomic mass is 10.2. The van der Waals surface area contributed by atoms with E-state index in [1.807, 2.05) is 0 Å². The number of halogens is 2. The van der Waals surface area contributed by atoms with E-state index in [9.17, 15) is 8.78 Å². The molecule has 0 unspecified atom stereocenters. The third-order valence-corrected chi connectivity index (χ3v) is 1.78.